The Kier molecular flexibility index (Phi) is 3.94. The number of carbonyl (C=O) groups excluding carboxylic acids is 1. The van der Waals surface area contributed by atoms with Gasteiger partial charge in [0.15, 0.2) is 10.6 Å². The van der Waals surface area contributed by atoms with E-state index >= 15 is 0 Å². The minimum atomic E-state index is 0.0463. The fourth-order valence-corrected chi connectivity index (χ4v) is 4.17. The van der Waals surface area contributed by atoms with E-state index in [9.17, 15) is 4.79 Å². The van der Waals surface area contributed by atoms with E-state index in [1.165, 1.54) is 29.9 Å². The van der Waals surface area contributed by atoms with E-state index in [2.05, 4.69) is 4.90 Å². The van der Waals surface area contributed by atoms with Gasteiger partial charge >= 0.3 is 0 Å². The summed E-state index contributed by atoms with van der Waals surface area (Å²) in [6, 6.07) is 15.8. The molecule has 1 aliphatic heterocycles. The molecule has 4 rings (SSSR count). The molecule has 0 atom stereocenters. The molecule has 1 fully saturated rings. The van der Waals surface area contributed by atoms with Crippen LogP contribution < -0.4 is 9.70 Å². The van der Waals surface area contributed by atoms with Gasteiger partial charge in [0, 0.05) is 24.3 Å². The summed E-state index contributed by atoms with van der Waals surface area (Å²) in [5.41, 5.74) is 2.86. The van der Waals surface area contributed by atoms with Crippen LogP contribution in [0.2, 0.25) is 0 Å². The summed E-state index contributed by atoms with van der Waals surface area (Å²) in [4.78, 5) is 15.4. The zero-order valence-corrected chi connectivity index (χ0v) is 14.2. The third-order valence-corrected chi connectivity index (χ3v) is 5.55. The van der Waals surface area contributed by atoms with Crippen LogP contribution in [-0.4, -0.2) is 23.4 Å². The second kappa shape index (κ2) is 6.24. The van der Waals surface area contributed by atoms with Crippen molar-refractivity contribution >= 4 is 33.0 Å². The maximum absolute atomic E-state index is 12.6. The molecular formula is C19H19N3OS. The van der Waals surface area contributed by atoms with E-state index in [-0.39, 0.29) is 12.3 Å². The number of rotatable bonds is 4. The van der Waals surface area contributed by atoms with Crippen LogP contribution in [0.1, 0.15) is 23.2 Å². The number of hydrogen-bond acceptors (Lipinski definition) is 4. The van der Waals surface area contributed by atoms with E-state index < -0.39 is 0 Å². The van der Waals surface area contributed by atoms with Crippen molar-refractivity contribution in [3.63, 3.8) is 0 Å². The normalized spacial score (nSPS) is 14.4. The number of thiazole rings is 1. The molecule has 24 heavy (non-hydrogen) atoms. The molecule has 122 valence electrons. The number of nitrogens with zero attached hydrogens (tertiary/aromatic N) is 2. The molecule has 0 saturated carbocycles. The SMILES string of the molecule is N=c1sc2ccccc2n1CC(=O)c1ccc(N2CCCC2)cc1. The molecular weight excluding hydrogens is 318 g/mol. The minimum absolute atomic E-state index is 0.0463. The molecule has 2 aromatic carbocycles. The van der Waals surface area contributed by atoms with Gasteiger partial charge < -0.3 is 9.47 Å². The highest BCUT2D eigenvalue weighted by Crippen LogP contribution is 2.21. The molecule has 4 nitrogen and oxygen atoms in total. The lowest BCUT2D eigenvalue weighted by Gasteiger charge is -2.17. The van der Waals surface area contributed by atoms with E-state index in [0.29, 0.717) is 10.4 Å². The van der Waals surface area contributed by atoms with Gasteiger partial charge in [0.25, 0.3) is 0 Å². The second-order valence-electron chi connectivity index (χ2n) is 6.13. The van der Waals surface area contributed by atoms with Crippen molar-refractivity contribution in [3.05, 3.63) is 58.9 Å². The molecule has 1 aromatic heterocycles. The number of benzene rings is 2. The first-order chi connectivity index (χ1) is 11.7. The molecule has 0 amide bonds. The average molecular weight is 337 g/mol. The lowest BCUT2D eigenvalue weighted by Crippen LogP contribution is -2.20. The molecule has 5 heteroatoms. The third kappa shape index (κ3) is 2.76. The maximum Gasteiger partial charge on any atom is 0.183 e. The van der Waals surface area contributed by atoms with Gasteiger partial charge in [0.1, 0.15) is 0 Å². The van der Waals surface area contributed by atoms with E-state index in [1.807, 2.05) is 48.5 Å². The number of fused-ring (bicyclic) bond motifs is 1. The molecule has 0 unspecified atom stereocenters. The standard InChI is InChI=1S/C19H19N3OS/c20-19-22(16-5-1-2-6-18(16)24-19)13-17(23)14-7-9-15(10-8-14)21-11-3-4-12-21/h1-2,5-10,20H,3-4,11-13H2. The van der Waals surface area contributed by atoms with Gasteiger partial charge in [-0.1, -0.05) is 23.5 Å². The van der Waals surface area contributed by atoms with Crippen LogP contribution in [0.4, 0.5) is 5.69 Å². The first-order valence-electron chi connectivity index (χ1n) is 8.23. The number of nitrogens with one attached hydrogen (secondary N) is 1. The summed E-state index contributed by atoms with van der Waals surface area (Å²) in [5, 5.41) is 8.12. The smallest absolute Gasteiger partial charge is 0.183 e. The monoisotopic (exact) mass is 337 g/mol. The van der Waals surface area contributed by atoms with Crippen LogP contribution >= 0.6 is 11.3 Å². The first-order valence-corrected chi connectivity index (χ1v) is 9.05. The van der Waals surface area contributed by atoms with Gasteiger partial charge in [-0.3, -0.25) is 10.2 Å². The number of para-hydroxylation sites is 1. The van der Waals surface area contributed by atoms with Crippen molar-refractivity contribution in [2.75, 3.05) is 18.0 Å². The Morgan fingerprint density at radius 3 is 2.50 bits per heavy atom. The maximum atomic E-state index is 12.6. The van der Waals surface area contributed by atoms with Crippen LogP contribution in [0.3, 0.4) is 0 Å². The highest BCUT2D eigenvalue weighted by Gasteiger charge is 2.14. The van der Waals surface area contributed by atoms with Gasteiger partial charge in [-0.15, -0.1) is 0 Å². The Bertz CT molecular complexity index is 933. The summed E-state index contributed by atoms with van der Waals surface area (Å²) in [7, 11) is 0. The molecule has 2 heterocycles. The predicted molar refractivity (Wildman–Crippen MR) is 97.9 cm³/mol. The average Bonchev–Trinajstić information content (AvgIpc) is 3.24. The minimum Gasteiger partial charge on any atom is -0.372 e. The number of hydrogen-bond donors (Lipinski definition) is 1. The number of anilines is 1. The third-order valence-electron chi connectivity index (χ3n) is 4.57. The van der Waals surface area contributed by atoms with Gasteiger partial charge in [0.05, 0.1) is 16.8 Å². The van der Waals surface area contributed by atoms with Crippen molar-refractivity contribution in [1.82, 2.24) is 4.57 Å². The Labute approximate surface area is 144 Å². The quantitative estimate of drug-likeness (QED) is 0.739. The van der Waals surface area contributed by atoms with Crippen molar-refractivity contribution in [1.29, 1.82) is 5.41 Å². The van der Waals surface area contributed by atoms with Crippen molar-refractivity contribution < 1.29 is 4.79 Å². The largest absolute Gasteiger partial charge is 0.372 e. The van der Waals surface area contributed by atoms with Crippen LogP contribution in [0.25, 0.3) is 10.2 Å². The van der Waals surface area contributed by atoms with Gasteiger partial charge in [-0.25, -0.2) is 0 Å². The van der Waals surface area contributed by atoms with Crippen LogP contribution in [0, 0.1) is 5.41 Å². The fraction of sp³-hybridized carbons (Fsp3) is 0.263. The van der Waals surface area contributed by atoms with E-state index in [4.69, 9.17) is 5.41 Å². The van der Waals surface area contributed by atoms with Crippen LogP contribution in [0.15, 0.2) is 48.5 Å². The number of ketones is 1. The van der Waals surface area contributed by atoms with Crippen molar-refractivity contribution in [2.24, 2.45) is 0 Å². The number of aromatic nitrogens is 1. The van der Waals surface area contributed by atoms with Crippen molar-refractivity contribution in [2.45, 2.75) is 19.4 Å². The summed E-state index contributed by atoms with van der Waals surface area (Å²) in [5.74, 6) is 0.0463. The highest BCUT2D eigenvalue weighted by atomic mass is 32.1. The topological polar surface area (TPSA) is 49.1 Å². The van der Waals surface area contributed by atoms with Crippen LogP contribution in [0.5, 0.6) is 0 Å². The Balaban J connectivity index is 1.57. The van der Waals surface area contributed by atoms with E-state index in [1.54, 1.807) is 4.57 Å². The zero-order chi connectivity index (χ0) is 16.5. The summed E-state index contributed by atoms with van der Waals surface area (Å²) in [6.07, 6.45) is 2.49. The summed E-state index contributed by atoms with van der Waals surface area (Å²) >= 11 is 1.41. The molecule has 3 aromatic rings. The van der Waals surface area contributed by atoms with Gasteiger partial charge in [-0.2, -0.15) is 0 Å². The molecule has 0 radical (unpaired) electrons. The van der Waals surface area contributed by atoms with E-state index in [0.717, 1.165) is 23.3 Å². The van der Waals surface area contributed by atoms with Crippen LogP contribution in [-0.2, 0) is 6.54 Å². The predicted octanol–water partition coefficient (Wildman–Crippen LogP) is 3.67. The summed E-state index contributed by atoms with van der Waals surface area (Å²) in [6.45, 7) is 2.42. The summed E-state index contributed by atoms with van der Waals surface area (Å²) < 4.78 is 2.83. The Morgan fingerprint density at radius 1 is 1.04 bits per heavy atom. The molecule has 0 bridgehead atoms. The molecule has 0 aliphatic carbocycles. The van der Waals surface area contributed by atoms with Gasteiger partial charge in [-0.05, 0) is 49.2 Å². The number of Topliss-reactive ketones (excluding diaryl/α,β-unsaturated/α-hetero) is 1. The Morgan fingerprint density at radius 2 is 1.75 bits per heavy atom. The lowest BCUT2D eigenvalue weighted by molar-refractivity contribution is 0.0972. The Hall–Kier alpha value is -2.40. The fourth-order valence-electron chi connectivity index (χ4n) is 3.26. The second-order valence-corrected chi connectivity index (χ2v) is 7.16. The molecule has 1 saturated heterocycles. The van der Waals surface area contributed by atoms with Crippen molar-refractivity contribution in [3.8, 4) is 0 Å². The molecule has 0 spiro atoms. The molecule has 1 aliphatic rings. The lowest BCUT2D eigenvalue weighted by atomic mass is 10.1. The first kappa shape index (κ1) is 15.1. The highest BCUT2D eigenvalue weighted by molar-refractivity contribution is 7.16. The zero-order valence-electron chi connectivity index (χ0n) is 13.4. The van der Waals surface area contributed by atoms with Gasteiger partial charge in [0.2, 0.25) is 0 Å². The molecule has 1 N–H and O–H groups in total. The number of carbonyl (C=O) groups is 1.